The zero-order chi connectivity index (χ0) is 16.2. The molecule has 4 nitrogen and oxygen atoms in total. The first-order valence-electron chi connectivity index (χ1n) is 8.21. The Hall–Kier alpha value is -0.810. The van der Waals surface area contributed by atoms with Gasteiger partial charge in [0.25, 0.3) is 0 Å². The van der Waals surface area contributed by atoms with Gasteiger partial charge in [0.2, 0.25) is 0 Å². The van der Waals surface area contributed by atoms with Crippen molar-refractivity contribution in [1.29, 1.82) is 0 Å². The van der Waals surface area contributed by atoms with Gasteiger partial charge in [-0.25, -0.2) is 0 Å². The van der Waals surface area contributed by atoms with Gasteiger partial charge >= 0.3 is 0 Å². The molecular weight excluding hydrogens is 312 g/mol. The van der Waals surface area contributed by atoms with Crippen LogP contribution in [-0.4, -0.2) is 48.9 Å². The second-order valence-electron chi connectivity index (χ2n) is 6.77. The Morgan fingerprint density at radius 3 is 2.57 bits per heavy atom. The van der Waals surface area contributed by atoms with E-state index in [4.69, 9.17) is 4.74 Å². The van der Waals surface area contributed by atoms with Crippen molar-refractivity contribution in [3.05, 3.63) is 29.8 Å². The molecule has 0 saturated carbocycles. The molecule has 1 aromatic carbocycles. The number of likely N-dealkylation sites (tertiary alicyclic amines) is 1. The molecule has 1 aromatic rings. The smallest absolute Gasteiger partial charge is 0.118 e. The van der Waals surface area contributed by atoms with E-state index >= 15 is 0 Å². The van der Waals surface area contributed by atoms with Crippen LogP contribution in [0.15, 0.2) is 24.3 Å². The topological polar surface area (TPSA) is 44.7 Å². The van der Waals surface area contributed by atoms with Crippen LogP contribution in [0.2, 0.25) is 0 Å². The van der Waals surface area contributed by atoms with Crippen molar-refractivity contribution in [3.8, 4) is 5.75 Å². The van der Waals surface area contributed by atoms with Crippen LogP contribution in [0.25, 0.3) is 0 Å². The van der Waals surface area contributed by atoms with E-state index in [0.29, 0.717) is 12.0 Å². The highest BCUT2D eigenvalue weighted by atomic mass is 35.5. The normalized spacial score (nSPS) is 28.2. The number of piperidine rings is 1. The van der Waals surface area contributed by atoms with Crippen molar-refractivity contribution in [2.75, 3.05) is 27.2 Å². The molecule has 3 unspecified atom stereocenters. The van der Waals surface area contributed by atoms with Gasteiger partial charge in [0.15, 0.2) is 0 Å². The first kappa shape index (κ1) is 20.2. The summed E-state index contributed by atoms with van der Waals surface area (Å²) in [5.41, 5.74) is 0.691. The van der Waals surface area contributed by atoms with Crippen molar-refractivity contribution >= 4 is 12.4 Å². The fourth-order valence-electron chi connectivity index (χ4n) is 3.28. The maximum Gasteiger partial charge on any atom is 0.118 e. The number of benzene rings is 1. The molecule has 23 heavy (non-hydrogen) atoms. The number of hydrogen-bond donors (Lipinski definition) is 2. The summed E-state index contributed by atoms with van der Waals surface area (Å²) >= 11 is 0. The fraction of sp³-hybridized carbons (Fsp3) is 0.667. The van der Waals surface area contributed by atoms with Crippen LogP contribution >= 0.6 is 12.4 Å². The zero-order valence-electron chi connectivity index (χ0n) is 14.7. The lowest BCUT2D eigenvalue weighted by atomic mass is 9.77. The molecule has 3 atom stereocenters. The predicted octanol–water partition coefficient (Wildman–Crippen LogP) is 2.69. The summed E-state index contributed by atoms with van der Waals surface area (Å²) in [6.45, 7) is 6.98. The van der Waals surface area contributed by atoms with Gasteiger partial charge in [-0.3, -0.25) is 0 Å². The molecule has 1 aliphatic rings. The van der Waals surface area contributed by atoms with Gasteiger partial charge in [-0.1, -0.05) is 19.1 Å². The molecule has 2 rings (SSSR count). The van der Waals surface area contributed by atoms with Crippen LogP contribution in [-0.2, 0) is 6.54 Å². The molecule has 0 amide bonds. The number of rotatable bonds is 6. The standard InChI is InChI=1S/C18H30N2O2.ClH/c1-14-13-20(3)15(2)11-18(14,21)9-10-19-12-16-5-7-17(22-4)8-6-16;/h5-8,14-15,19,21H,9-13H2,1-4H3;1H. The van der Waals surface area contributed by atoms with E-state index in [-0.39, 0.29) is 12.4 Å². The van der Waals surface area contributed by atoms with Gasteiger partial charge in [-0.2, -0.15) is 0 Å². The first-order valence-corrected chi connectivity index (χ1v) is 8.21. The fourth-order valence-corrected chi connectivity index (χ4v) is 3.28. The molecule has 5 heteroatoms. The summed E-state index contributed by atoms with van der Waals surface area (Å²) < 4.78 is 5.16. The Morgan fingerprint density at radius 2 is 1.96 bits per heavy atom. The second-order valence-corrected chi connectivity index (χ2v) is 6.77. The molecule has 0 bridgehead atoms. The Bertz CT molecular complexity index is 469. The molecule has 0 radical (unpaired) electrons. The van der Waals surface area contributed by atoms with Gasteiger partial charge in [-0.05, 0) is 57.0 Å². The van der Waals surface area contributed by atoms with E-state index in [0.717, 1.165) is 38.2 Å². The maximum absolute atomic E-state index is 10.9. The highest BCUT2D eigenvalue weighted by molar-refractivity contribution is 5.85. The Kier molecular flexibility index (Phi) is 7.81. The van der Waals surface area contributed by atoms with Crippen molar-refractivity contribution in [2.24, 2.45) is 5.92 Å². The third-order valence-corrected chi connectivity index (χ3v) is 5.10. The summed E-state index contributed by atoms with van der Waals surface area (Å²) in [6, 6.07) is 8.54. The highest BCUT2D eigenvalue weighted by Crippen LogP contribution is 2.33. The van der Waals surface area contributed by atoms with E-state index in [1.807, 2.05) is 12.1 Å². The summed E-state index contributed by atoms with van der Waals surface area (Å²) in [7, 11) is 3.82. The number of ether oxygens (including phenoxy) is 1. The van der Waals surface area contributed by atoms with Crippen molar-refractivity contribution in [3.63, 3.8) is 0 Å². The molecule has 1 aliphatic heterocycles. The molecular formula is C18H31ClN2O2. The SMILES string of the molecule is COc1ccc(CNCCC2(O)CC(C)N(C)CC2C)cc1.Cl. The van der Waals surface area contributed by atoms with Gasteiger partial charge in [0.1, 0.15) is 5.75 Å². The number of methoxy groups -OCH3 is 1. The van der Waals surface area contributed by atoms with Crippen molar-refractivity contribution in [1.82, 2.24) is 10.2 Å². The highest BCUT2D eigenvalue weighted by Gasteiger charge is 2.40. The molecule has 1 saturated heterocycles. The summed E-state index contributed by atoms with van der Waals surface area (Å²) in [5, 5.41) is 14.4. The zero-order valence-corrected chi connectivity index (χ0v) is 15.5. The van der Waals surface area contributed by atoms with Gasteiger partial charge in [0.05, 0.1) is 12.7 Å². The van der Waals surface area contributed by atoms with E-state index in [2.05, 4.69) is 43.2 Å². The Morgan fingerprint density at radius 1 is 1.30 bits per heavy atom. The first-order chi connectivity index (χ1) is 10.4. The number of aliphatic hydroxyl groups is 1. The van der Waals surface area contributed by atoms with Gasteiger partial charge in [0, 0.05) is 19.1 Å². The molecule has 0 aliphatic carbocycles. The summed E-state index contributed by atoms with van der Waals surface area (Å²) in [5.74, 6) is 1.20. The van der Waals surface area contributed by atoms with E-state index in [1.54, 1.807) is 7.11 Å². The van der Waals surface area contributed by atoms with Crippen molar-refractivity contribution in [2.45, 2.75) is 44.9 Å². The van der Waals surface area contributed by atoms with Crippen molar-refractivity contribution < 1.29 is 9.84 Å². The van der Waals surface area contributed by atoms with E-state index in [1.165, 1.54) is 5.56 Å². The minimum absolute atomic E-state index is 0. The maximum atomic E-state index is 10.9. The molecule has 2 N–H and O–H groups in total. The molecule has 0 aromatic heterocycles. The van der Waals surface area contributed by atoms with Gasteiger partial charge < -0.3 is 20.1 Å². The number of hydrogen-bond acceptors (Lipinski definition) is 4. The van der Waals surface area contributed by atoms with Crippen LogP contribution in [0, 0.1) is 5.92 Å². The van der Waals surface area contributed by atoms with Gasteiger partial charge in [-0.15, -0.1) is 12.4 Å². The summed E-state index contributed by atoms with van der Waals surface area (Å²) in [4.78, 5) is 2.34. The quantitative estimate of drug-likeness (QED) is 0.780. The predicted molar refractivity (Wildman–Crippen MR) is 97.4 cm³/mol. The number of nitrogens with one attached hydrogen (secondary N) is 1. The average Bonchev–Trinajstić information content (AvgIpc) is 2.50. The third kappa shape index (κ3) is 5.35. The van der Waals surface area contributed by atoms with E-state index < -0.39 is 5.60 Å². The Balaban J connectivity index is 0.00000264. The minimum Gasteiger partial charge on any atom is -0.497 e. The summed E-state index contributed by atoms with van der Waals surface area (Å²) in [6.07, 6.45) is 1.66. The largest absolute Gasteiger partial charge is 0.497 e. The second kappa shape index (κ2) is 8.88. The van der Waals surface area contributed by atoms with E-state index in [9.17, 15) is 5.11 Å². The van der Waals surface area contributed by atoms with Crippen LogP contribution < -0.4 is 10.1 Å². The third-order valence-electron chi connectivity index (χ3n) is 5.10. The average molecular weight is 343 g/mol. The lowest BCUT2D eigenvalue weighted by molar-refractivity contribution is -0.0831. The number of nitrogens with zero attached hydrogens (tertiary/aromatic N) is 1. The monoisotopic (exact) mass is 342 g/mol. The van der Waals surface area contributed by atoms with Crippen LogP contribution in [0.1, 0.15) is 32.3 Å². The molecule has 1 fully saturated rings. The van der Waals surface area contributed by atoms with Crippen LogP contribution in [0.4, 0.5) is 0 Å². The number of halogens is 1. The Labute approximate surface area is 146 Å². The molecule has 1 heterocycles. The minimum atomic E-state index is -0.543. The molecule has 132 valence electrons. The van der Waals surface area contributed by atoms with Crippen LogP contribution in [0.5, 0.6) is 5.75 Å². The lowest BCUT2D eigenvalue weighted by Crippen LogP contribution is -2.54. The van der Waals surface area contributed by atoms with Crippen LogP contribution in [0.3, 0.4) is 0 Å². The molecule has 0 spiro atoms. The lowest BCUT2D eigenvalue weighted by Gasteiger charge is -2.46.